The first-order valence-corrected chi connectivity index (χ1v) is 6.91. The van der Waals surface area contributed by atoms with Crippen LogP contribution in [0.2, 0.25) is 5.02 Å². The number of carboxylic acid groups (broad SMARTS) is 1. The molecule has 3 rings (SSSR count). The van der Waals surface area contributed by atoms with Crippen molar-refractivity contribution in [3.05, 3.63) is 41.4 Å². The van der Waals surface area contributed by atoms with Gasteiger partial charge in [-0.05, 0) is 42.5 Å². The Morgan fingerprint density at radius 2 is 1.70 bits per heavy atom. The van der Waals surface area contributed by atoms with Crippen LogP contribution in [0.4, 0.5) is 5.69 Å². The van der Waals surface area contributed by atoms with Crippen LogP contribution in [-0.2, 0) is 9.59 Å². The molecule has 1 aromatic rings. The Hall–Kier alpha value is -1.81. The standard InChI is InChI=1S/C15H14ClNO3/c16-10-3-5-11(6-4-10)17-14(18)12-8-1-2-9(7-8)13(12)15(19)20/h1-6,8-9,12-13H,7H2,(H,17,18)(H,19,20)/t8-,9+,12?,13?/m0/s1. The summed E-state index contributed by atoms with van der Waals surface area (Å²) in [5.74, 6) is -2.20. The van der Waals surface area contributed by atoms with Crippen molar-refractivity contribution < 1.29 is 14.7 Å². The average Bonchev–Trinajstić information content (AvgIpc) is 3.01. The van der Waals surface area contributed by atoms with Gasteiger partial charge in [0.25, 0.3) is 0 Å². The summed E-state index contributed by atoms with van der Waals surface area (Å²) in [4.78, 5) is 23.7. The summed E-state index contributed by atoms with van der Waals surface area (Å²) in [6.45, 7) is 0. The predicted molar refractivity (Wildman–Crippen MR) is 75.4 cm³/mol. The van der Waals surface area contributed by atoms with Crippen molar-refractivity contribution in [1.82, 2.24) is 0 Å². The van der Waals surface area contributed by atoms with E-state index in [1.165, 1.54) is 0 Å². The van der Waals surface area contributed by atoms with Crippen molar-refractivity contribution in [2.75, 3.05) is 5.32 Å². The van der Waals surface area contributed by atoms with Crippen LogP contribution >= 0.6 is 11.6 Å². The monoisotopic (exact) mass is 291 g/mol. The molecule has 5 heteroatoms. The van der Waals surface area contributed by atoms with Crippen LogP contribution in [0.5, 0.6) is 0 Å². The van der Waals surface area contributed by atoms with E-state index in [1.807, 2.05) is 12.2 Å². The fourth-order valence-electron chi connectivity index (χ4n) is 3.28. The third-order valence-electron chi connectivity index (χ3n) is 4.16. The molecule has 0 aromatic heterocycles. The SMILES string of the molecule is O=C(O)C1C(C(=O)Nc2ccc(Cl)cc2)[C@H]2C=C[C@@H]1C2. The summed E-state index contributed by atoms with van der Waals surface area (Å²) in [5.41, 5.74) is 0.635. The quantitative estimate of drug-likeness (QED) is 0.842. The number of anilines is 1. The van der Waals surface area contributed by atoms with E-state index >= 15 is 0 Å². The zero-order chi connectivity index (χ0) is 14.3. The normalized spacial score (nSPS) is 30.4. The maximum Gasteiger partial charge on any atom is 0.307 e. The molecule has 0 radical (unpaired) electrons. The number of hydrogen-bond donors (Lipinski definition) is 2. The maximum absolute atomic E-state index is 12.4. The number of amides is 1. The van der Waals surface area contributed by atoms with Crippen molar-refractivity contribution >= 4 is 29.2 Å². The predicted octanol–water partition coefficient (Wildman–Crippen LogP) is 2.80. The Morgan fingerprint density at radius 1 is 1.10 bits per heavy atom. The molecule has 2 N–H and O–H groups in total. The zero-order valence-corrected chi connectivity index (χ0v) is 11.4. The molecule has 2 unspecified atom stereocenters. The topological polar surface area (TPSA) is 66.4 Å². The number of aliphatic carboxylic acids is 1. The lowest BCUT2D eigenvalue weighted by atomic mass is 9.82. The van der Waals surface area contributed by atoms with Gasteiger partial charge < -0.3 is 10.4 Å². The Labute approximate surface area is 121 Å². The van der Waals surface area contributed by atoms with Crippen molar-refractivity contribution in [1.29, 1.82) is 0 Å². The van der Waals surface area contributed by atoms with E-state index in [2.05, 4.69) is 5.32 Å². The molecule has 0 heterocycles. The highest BCUT2D eigenvalue weighted by molar-refractivity contribution is 6.30. The van der Waals surface area contributed by atoms with E-state index in [4.69, 9.17) is 11.6 Å². The third-order valence-corrected chi connectivity index (χ3v) is 4.41. The molecule has 104 valence electrons. The fraction of sp³-hybridized carbons (Fsp3) is 0.333. The smallest absolute Gasteiger partial charge is 0.307 e. The minimum atomic E-state index is -0.891. The first-order valence-electron chi connectivity index (χ1n) is 6.54. The number of allylic oxidation sites excluding steroid dienone is 2. The number of benzene rings is 1. The first kappa shape index (κ1) is 13.2. The lowest BCUT2D eigenvalue weighted by Gasteiger charge is -2.23. The van der Waals surface area contributed by atoms with E-state index in [9.17, 15) is 14.7 Å². The molecule has 1 amide bonds. The summed E-state index contributed by atoms with van der Waals surface area (Å²) in [6, 6.07) is 6.79. The van der Waals surface area contributed by atoms with Gasteiger partial charge in [0, 0.05) is 10.7 Å². The lowest BCUT2D eigenvalue weighted by Crippen LogP contribution is -2.36. The number of nitrogens with one attached hydrogen (secondary N) is 1. The van der Waals surface area contributed by atoms with Gasteiger partial charge in [0.05, 0.1) is 11.8 Å². The van der Waals surface area contributed by atoms with Gasteiger partial charge >= 0.3 is 5.97 Å². The van der Waals surface area contributed by atoms with E-state index in [0.29, 0.717) is 10.7 Å². The van der Waals surface area contributed by atoms with Crippen molar-refractivity contribution in [3.8, 4) is 0 Å². The molecule has 4 atom stereocenters. The minimum absolute atomic E-state index is 0.0153. The largest absolute Gasteiger partial charge is 0.481 e. The van der Waals surface area contributed by atoms with Gasteiger partial charge in [0.2, 0.25) is 5.91 Å². The molecule has 2 bridgehead atoms. The molecule has 2 aliphatic carbocycles. The highest BCUT2D eigenvalue weighted by Crippen LogP contribution is 2.48. The van der Waals surface area contributed by atoms with Gasteiger partial charge in [0.15, 0.2) is 0 Å². The Kier molecular flexibility index (Phi) is 3.26. The van der Waals surface area contributed by atoms with Gasteiger partial charge in [-0.2, -0.15) is 0 Å². The van der Waals surface area contributed by atoms with Crippen molar-refractivity contribution in [3.63, 3.8) is 0 Å². The van der Waals surface area contributed by atoms with E-state index in [-0.39, 0.29) is 17.7 Å². The third kappa shape index (κ3) is 2.20. The number of rotatable bonds is 3. The van der Waals surface area contributed by atoms with Crippen LogP contribution in [-0.4, -0.2) is 17.0 Å². The second-order valence-electron chi connectivity index (χ2n) is 5.33. The van der Waals surface area contributed by atoms with Gasteiger partial charge in [-0.25, -0.2) is 0 Å². The Morgan fingerprint density at radius 3 is 2.30 bits per heavy atom. The number of hydrogen-bond acceptors (Lipinski definition) is 2. The molecule has 1 fully saturated rings. The molecule has 20 heavy (non-hydrogen) atoms. The molecule has 1 aromatic carbocycles. The van der Waals surface area contributed by atoms with Crippen LogP contribution in [0.15, 0.2) is 36.4 Å². The molecular weight excluding hydrogens is 278 g/mol. The molecule has 1 saturated carbocycles. The molecule has 4 nitrogen and oxygen atoms in total. The molecule has 0 aliphatic heterocycles. The average molecular weight is 292 g/mol. The number of carbonyl (C=O) groups is 2. The summed E-state index contributed by atoms with van der Waals surface area (Å²) in [7, 11) is 0. The van der Waals surface area contributed by atoms with Gasteiger partial charge in [-0.15, -0.1) is 0 Å². The molecule has 0 saturated heterocycles. The molecule has 0 spiro atoms. The number of carbonyl (C=O) groups excluding carboxylic acids is 1. The maximum atomic E-state index is 12.4. The first-order chi connectivity index (χ1) is 9.56. The van der Waals surface area contributed by atoms with Crippen molar-refractivity contribution in [2.45, 2.75) is 6.42 Å². The summed E-state index contributed by atoms with van der Waals surface area (Å²) in [6.07, 6.45) is 4.65. The van der Waals surface area contributed by atoms with Gasteiger partial charge in [-0.3, -0.25) is 9.59 Å². The second kappa shape index (κ2) is 4.94. The van der Waals surface area contributed by atoms with E-state index in [1.54, 1.807) is 24.3 Å². The second-order valence-corrected chi connectivity index (χ2v) is 5.77. The number of fused-ring (bicyclic) bond motifs is 2. The highest BCUT2D eigenvalue weighted by Gasteiger charge is 2.51. The van der Waals surface area contributed by atoms with Crippen LogP contribution in [0.25, 0.3) is 0 Å². The minimum Gasteiger partial charge on any atom is -0.481 e. The zero-order valence-electron chi connectivity index (χ0n) is 10.6. The summed E-state index contributed by atoms with van der Waals surface area (Å²) in [5, 5.41) is 12.7. The van der Waals surface area contributed by atoms with Crippen LogP contribution in [0, 0.1) is 23.7 Å². The molecular formula is C15H14ClNO3. The van der Waals surface area contributed by atoms with Gasteiger partial charge in [-0.1, -0.05) is 23.8 Å². The van der Waals surface area contributed by atoms with Crippen LogP contribution in [0.1, 0.15) is 6.42 Å². The Balaban J connectivity index is 1.78. The van der Waals surface area contributed by atoms with Gasteiger partial charge in [0.1, 0.15) is 0 Å². The summed E-state index contributed by atoms with van der Waals surface area (Å²) < 4.78 is 0. The van der Waals surface area contributed by atoms with Crippen LogP contribution in [0.3, 0.4) is 0 Å². The van der Waals surface area contributed by atoms with E-state index < -0.39 is 17.8 Å². The number of carboxylic acids is 1. The molecule has 2 aliphatic rings. The summed E-state index contributed by atoms with van der Waals surface area (Å²) >= 11 is 5.79. The fourth-order valence-corrected chi connectivity index (χ4v) is 3.40. The number of halogens is 1. The lowest BCUT2D eigenvalue weighted by molar-refractivity contribution is -0.146. The van der Waals surface area contributed by atoms with E-state index in [0.717, 1.165) is 6.42 Å². The van der Waals surface area contributed by atoms with Crippen LogP contribution < -0.4 is 5.32 Å². The van der Waals surface area contributed by atoms with Crippen molar-refractivity contribution in [2.24, 2.45) is 23.7 Å². The Bertz CT molecular complexity index is 581. The highest BCUT2D eigenvalue weighted by atomic mass is 35.5.